The van der Waals surface area contributed by atoms with Crippen molar-refractivity contribution in [3.05, 3.63) is 30.5 Å². The van der Waals surface area contributed by atoms with E-state index < -0.39 is 5.72 Å². The first-order chi connectivity index (χ1) is 11.0. The van der Waals surface area contributed by atoms with Gasteiger partial charge in [-0.1, -0.05) is 19.8 Å². The van der Waals surface area contributed by atoms with Crippen molar-refractivity contribution >= 4 is 16.6 Å². The number of hydrogen-bond acceptors (Lipinski definition) is 5. The molecule has 5 heteroatoms. The van der Waals surface area contributed by atoms with Gasteiger partial charge < -0.3 is 9.84 Å². The summed E-state index contributed by atoms with van der Waals surface area (Å²) in [6.07, 6.45) is 5.93. The number of pyridine rings is 1. The molecule has 0 spiro atoms. The summed E-state index contributed by atoms with van der Waals surface area (Å²) in [6.45, 7) is 6.79. The van der Waals surface area contributed by atoms with Gasteiger partial charge in [0.25, 0.3) is 0 Å². The first-order valence-corrected chi connectivity index (χ1v) is 8.28. The zero-order chi connectivity index (χ0) is 16.9. The highest BCUT2D eigenvalue weighted by molar-refractivity contribution is 5.92. The summed E-state index contributed by atoms with van der Waals surface area (Å²) in [5.74, 6) is 6.66. The molecule has 23 heavy (non-hydrogen) atoms. The van der Waals surface area contributed by atoms with E-state index in [4.69, 9.17) is 10.6 Å². The molecule has 2 rings (SSSR count). The number of hydrogen-bond donors (Lipinski definition) is 2. The molecule has 0 radical (unpaired) electrons. The van der Waals surface area contributed by atoms with Crippen molar-refractivity contribution in [3.63, 3.8) is 0 Å². The Labute approximate surface area is 138 Å². The molecular weight excluding hydrogens is 290 g/mol. The molecule has 0 saturated heterocycles. The summed E-state index contributed by atoms with van der Waals surface area (Å²) in [5, 5.41) is 12.2. The molecule has 0 aliphatic rings. The maximum Gasteiger partial charge on any atom is 0.151 e. The van der Waals surface area contributed by atoms with E-state index in [1.165, 1.54) is 0 Å². The maximum atomic E-state index is 9.64. The van der Waals surface area contributed by atoms with Gasteiger partial charge in [-0.15, -0.1) is 0 Å². The van der Waals surface area contributed by atoms with Gasteiger partial charge in [0, 0.05) is 24.3 Å². The van der Waals surface area contributed by atoms with Crippen molar-refractivity contribution in [2.75, 3.05) is 11.6 Å². The molecule has 0 saturated carbocycles. The van der Waals surface area contributed by atoms with E-state index in [9.17, 15) is 5.11 Å². The molecule has 0 amide bonds. The number of unbranched alkanes of at least 4 members (excludes halogenated alkanes) is 2. The van der Waals surface area contributed by atoms with Crippen LogP contribution in [0.15, 0.2) is 30.5 Å². The lowest BCUT2D eigenvalue weighted by Gasteiger charge is -2.39. The summed E-state index contributed by atoms with van der Waals surface area (Å²) < 4.78 is 6.00. The number of anilines is 1. The molecule has 3 N–H and O–H groups in total. The van der Waals surface area contributed by atoms with E-state index >= 15 is 0 Å². The third-order valence-electron chi connectivity index (χ3n) is 4.17. The molecule has 1 unspecified atom stereocenters. The molecule has 0 bridgehead atoms. The average Bonchev–Trinajstić information content (AvgIpc) is 2.53. The van der Waals surface area contributed by atoms with Crippen LogP contribution in [0.25, 0.3) is 10.9 Å². The summed E-state index contributed by atoms with van der Waals surface area (Å²) >= 11 is 0. The lowest BCUT2D eigenvalue weighted by Crippen LogP contribution is -2.53. The van der Waals surface area contributed by atoms with Crippen LogP contribution >= 0.6 is 0 Å². The van der Waals surface area contributed by atoms with Crippen molar-refractivity contribution < 1.29 is 9.84 Å². The Balaban J connectivity index is 2.37. The normalized spacial score (nSPS) is 13.9. The number of phenols is 1. The van der Waals surface area contributed by atoms with Crippen LogP contribution in [0.5, 0.6) is 5.75 Å². The van der Waals surface area contributed by atoms with Crippen LogP contribution in [0.1, 0.15) is 46.5 Å². The van der Waals surface area contributed by atoms with Crippen LogP contribution in [0.2, 0.25) is 0 Å². The Bertz CT molecular complexity index is 647. The highest BCUT2D eigenvalue weighted by atomic mass is 16.5. The number of hydrazine groups is 1. The van der Waals surface area contributed by atoms with Gasteiger partial charge in [0.05, 0.1) is 11.2 Å². The molecule has 1 aromatic heterocycles. The molecule has 0 aliphatic carbocycles. The van der Waals surface area contributed by atoms with Crippen LogP contribution in [-0.4, -0.2) is 22.4 Å². The Hall–Kier alpha value is -1.85. The average molecular weight is 317 g/mol. The van der Waals surface area contributed by atoms with E-state index in [-0.39, 0.29) is 5.75 Å². The molecule has 0 aliphatic heterocycles. The van der Waals surface area contributed by atoms with E-state index in [1.54, 1.807) is 23.3 Å². The molecule has 126 valence electrons. The second-order valence-corrected chi connectivity index (χ2v) is 5.97. The standard InChI is InChI=1S/C18H27N3O2/c1-4-6-7-11-18(3,23-5-2)21(19)17-10-12-20-16-13-14(22)8-9-15(16)17/h8-10,12-13,22H,4-7,11,19H2,1-3H3. The Kier molecular flexibility index (Phi) is 5.80. The number of phenolic OH excluding ortho intramolecular Hbond substituents is 1. The minimum Gasteiger partial charge on any atom is -0.508 e. The van der Waals surface area contributed by atoms with E-state index in [1.807, 2.05) is 26.0 Å². The molecule has 1 aromatic carbocycles. The zero-order valence-corrected chi connectivity index (χ0v) is 14.2. The van der Waals surface area contributed by atoms with Gasteiger partial charge in [0.15, 0.2) is 5.72 Å². The number of benzene rings is 1. The Morgan fingerprint density at radius 3 is 2.74 bits per heavy atom. The van der Waals surface area contributed by atoms with Crippen molar-refractivity contribution in [1.29, 1.82) is 0 Å². The van der Waals surface area contributed by atoms with Crippen molar-refractivity contribution in [2.24, 2.45) is 5.84 Å². The van der Waals surface area contributed by atoms with Gasteiger partial charge in [-0.05, 0) is 44.9 Å². The lowest BCUT2D eigenvalue weighted by atomic mass is 10.0. The second-order valence-electron chi connectivity index (χ2n) is 5.97. The van der Waals surface area contributed by atoms with Crippen LogP contribution in [0, 0.1) is 0 Å². The quantitative estimate of drug-likeness (QED) is 0.334. The fraction of sp³-hybridized carbons (Fsp3) is 0.500. The minimum atomic E-state index is -0.573. The van der Waals surface area contributed by atoms with Gasteiger partial charge in [-0.3, -0.25) is 9.99 Å². The number of aromatic nitrogens is 1. The number of nitrogens with two attached hydrogens (primary N) is 1. The largest absolute Gasteiger partial charge is 0.508 e. The molecule has 1 atom stereocenters. The van der Waals surface area contributed by atoms with Gasteiger partial charge in [-0.2, -0.15) is 0 Å². The Morgan fingerprint density at radius 2 is 2.04 bits per heavy atom. The second kappa shape index (κ2) is 7.62. The highest BCUT2D eigenvalue weighted by Crippen LogP contribution is 2.32. The van der Waals surface area contributed by atoms with Crippen LogP contribution in [0.3, 0.4) is 0 Å². The van der Waals surface area contributed by atoms with Crippen LogP contribution in [0.4, 0.5) is 5.69 Å². The topological polar surface area (TPSA) is 71.6 Å². The SMILES string of the molecule is CCCCCC(C)(OCC)N(N)c1ccnc2cc(O)ccc12. The highest BCUT2D eigenvalue weighted by Gasteiger charge is 2.31. The van der Waals surface area contributed by atoms with Crippen molar-refractivity contribution in [2.45, 2.75) is 52.2 Å². The van der Waals surface area contributed by atoms with Gasteiger partial charge in [-0.25, -0.2) is 5.84 Å². The van der Waals surface area contributed by atoms with Gasteiger partial charge in [0.1, 0.15) is 5.75 Å². The van der Waals surface area contributed by atoms with E-state index in [2.05, 4.69) is 11.9 Å². The van der Waals surface area contributed by atoms with E-state index in [0.29, 0.717) is 12.1 Å². The van der Waals surface area contributed by atoms with Gasteiger partial charge in [0.2, 0.25) is 0 Å². The first-order valence-electron chi connectivity index (χ1n) is 8.28. The fourth-order valence-electron chi connectivity index (χ4n) is 2.86. The van der Waals surface area contributed by atoms with Crippen molar-refractivity contribution in [1.82, 2.24) is 4.98 Å². The third-order valence-corrected chi connectivity index (χ3v) is 4.17. The maximum absolute atomic E-state index is 9.64. The molecule has 0 fully saturated rings. The van der Waals surface area contributed by atoms with Crippen LogP contribution in [-0.2, 0) is 4.74 Å². The number of nitrogens with zero attached hydrogens (tertiary/aromatic N) is 2. The predicted octanol–water partition coefficient (Wildman–Crippen LogP) is 3.95. The van der Waals surface area contributed by atoms with E-state index in [0.717, 1.165) is 36.8 Å². The zero-order valence-electron chi connectivity index (χ0n) is 14.2. The van der Waals surface area contributed by atoms with Gasteiger partial charge >= 0.3 is 0 Å². The smallest absolute Gasteiger partial charge is 0.151 e. The first kappa shape index (κ1) is 17.5. The number of aromatic hydroxyl groups is 1. The molecule has 2 aromatic rings. The predicted molar refractivity (Wildman–Crippen MR) is 94.2 cm³/mol. The molecule has 1 heterocycles. The molecule has 5 nitrogen and oxygen atoms in total. The van der Waals surface area contributed by atoms with Crippen molar-refractivity contribution in [3.8, 4) is 5.75 Å². The summed E-state index contributed by atoms with van der Waals surface area (Å²) in [4.78, 5) is 4.31. The number of rotatable bonds is 8. The molecular formula is C18H27N3O2. The number of ether oxygens (including phenoxy) is 1. The fourth-order valence-corrected chi connectivity index (χ4v) is 2.86. The third kappa shape index (κ3) is 3.92. The minimum absolute atomic E-state index is 0.196. The lowest BCUT2D eigenvalue weighted by molar-refractivity contribution is -0.0349. The monoisotopic (exact) mass is 317 g/mol. The number of fused-ring (bicyclic) bond motifs is 1. The Morgan fingerprint density at radius 1 is 1.26 bits per heavy atom. The van der Waals surface area contributed by atoms with Crippen LogP contribution < -0.4 is 10.9 Å². The summed E-state index contributed by atoms with van der Waals surface area (Å²) in [6, 6.07) is 7.01. The summed E-state index contributed by atoms with van der Waals surface area (Å²) in [7, 11) is 0. The summed E-state index contributed by atoms with van der Waals surface area (Å²) in [5.41, 5.74) is 0.989.